The lowest BCUT2D eigenvalue weighted by Crippen LogP contribution is -2.42. The van der Waals surface area contributed by atoms with E-state index in [9.17, 15) is 0 Å². The summed E-state index contributed by atoms with van der Waals surface area (Å²) in [6, 6.07) is 8.88. The molecule has 1 fully saturated rings. The zero-order valence-corrected chi connectivity index (χ0v) is 13.2. The minimum Gasteiger partial charge on any atom is -0.497 e. The Hall–Kier alpha value is -1.71. The van der Waals surface area contributed by atoms with Crippen molar-refractivity contribution in [2.24, 2.45) is 4.99 Å². The van der Waals surface area contributed by atoms with Crippen LogP contribution in [-0.2, 0) is 6.42 Å². The largest absolute Gasteiger partial charge is 0.497 e. The van der Waals surface area contributed by atoms with Crippen molar-refractivity contribution in [1.29, 1.82) is 0 Å². The van der Waals surface area contributed by atoms with Crippen molar-refractivity contribution in [2.45, 2.75) is 44.6 Å². The van der Waals surface area contributed by atoms with Gasteiger partial charge in [0.1, 0.15) is 5.75 Å². The van der Waals surface area contributed by atoms with Crippen LogP contribution in [0.4, 0.5) is 0 Å². The average Bonchev–Trinajstić information content (AvgIpc) is 3.03. The van der Waals surface area contributed by atoms with E-state index in [-0.39, 0.29) is 0 Å². The monoisotopic (exact) mass is 289 g/mol. The maximum Gasteiger partial charge on any atom is 0.191 e. The molecule has 1 aliphatic rings. The van der Waals surface area contributed by atoms with Gasteiger partial charge in [0.15, 0.2) is 5.96 Å². The summed E-state index contributed by atoms with van der Waals surface area (Å²) < 4.78 is 5.25. The molecule has 2 N–H and O–H groups in total. The molecule has 0 aromatic heterocycles. The van der Waals surface area contributed by atoms with Crippen molar-refractivity contribution in [1.82, 2.24) is 10.6 Å². The summed E-state index contributed by atoms with van der Waals surface area (Å²) in [6.07, 6.45) is 7.34. The molecule has 1 aliphatic carbocycles. The van der Waals surface area contributed by atoms with Crippen LogP contribution in [0.3, 0.4) is 0 Å². The molecule has 0 atom stereocenters. The van der Waals surface area contributed by atoms with Crippen LogP contribution in [0.15, 0.2) is 29.3 Å². The highest BCUT2D eigenvalue weighted by atomic mass is 16.5. The molecule has 2 rings (SSSR count). The van der Waals surface area contributed by atoms with Gasteiger partial charge in [-0.25, -0.2) is 0 Å². The van der Waals surface area contributed by atoms with Gasteiger partial charge in [0.2, 0.25) is 0 Å². The third-order valence-corrected chi connectivity index (χ3v) is 3.99. The van der Waals surface area contributed by atoms with Gasteiger partial charge in [-0.15, -0.1) is 0 Å². The van der Waals surface area contributed by atoms with Gasteiger partial charge in [0.25, 0.3) is 0 Å². The molecule has 4 heteroatoms. The number of rotatable bonds is 6. The summed E-state index contributed by atoms with van der Waals surface area (Å²) in [5.41, 5.74) is 1.31. The molecule has 116 valence electrons. The van der Waals surface area contributed by atoms with Crippen LogP contribution in [0.1, 0.15) is 37.7 Å². The Morgan fingerprint density at radius 1 is 1.33 bits per heavy atom. The molecule has 0 amide bonds. The first-order valence-electron chi connectivity index (χ1n) is 7.92. The number of aliphatic imine (C=N–C) groups is 1. The lowest BCUT2D eigenvalue weighted by Gasteiger charge is -2.16. The standard InChI is InChI=1S/C17H27N3O/c1-18-17(20-15-9-3-4-10-15)19-12-6-8-14-7-5-11-16(13-14)21-2/h5,7,11,13,15H,3-4,6,8-10,12H2,1-2H3,(H2,18,19,20). The Labute approximate surface area is 128 Å². The van der Waals surface area contributed by atoms with Gasteiger partial charge in [-0.05, 0) is 43.4 Å². The number of aryl methyl sites for hydroxylation is 1. The minimum absolute atomic E-state index is 0.606. The van der Waals surface area contributed by atoms with E-state index in [1.165, 1.54) is 31.2 Å². The zero-order chi connectivity index (χ0) is 14.9. The summed E-state index contributed by atoms with van der Waals surface area (Å²) in [7, 11) is 3.55. The maximum atomic E-state index is 5.25. The molecule has 21 heavy (non-hydrogen) atoms. The van der Waals surface area contributed by atoms with Crippen LogP contribution in [0.25, 0.3) is 0 Å². The molecular formula is C17H27N3O. The predicted octanol–water partition coefficient (Wildman–Crippen LogP) is 2.74. The second-order valence-corrected chi connectivity index (χ2v) is 5.58. The van der Waals surface area contributed by atoms with E-state index in [1.807, 2.05) is 19.2 Å². The minimum atomic E-state index is 0.606. The Bertz CT molecular complexity index is 453. The number of nitrogens with zero attached hydrogens (tertiary/aromatic N) is 1. The van der Waals surface area contributed by atoms with E-state index in [0.717, 1.165) is 31.1 Å². The van der Waals surface area contributed by atoms with Gasteiger partial charge in [-0.2, -0.15) is 0 Å². The molecule has 0 saturated heterocycles. The molecule has 0 aliphatic heterocycles. The number of benzene rings is 1. The quantitative estimate of drug-likeness (QED) is 0.481. The van der Waals surface area contributed by atoms with Crippen LogP contribution in [0.5, 0.6) is 5.75 Å². The smallest absolute Gasteiger partial charge is 0.191 e. The van der Waals surface area contributed by atoms with Crippen molar-refractivity contribution >= 4 is 5.96 Å². The first kappa shape index (κ1) is 15.7. The average molecular weight is 289 g/mol. The van der Waals surface area contributed by atoms with E-state index >= 15 is 0 Å². The van der Waals surface area contributed by atoms with E-state index in [2.05, 4.69) is 27.8 Å². The molecular weight excluding hydrogens is 262 g/mol. The fourth-order valence-corrected chi connectivity index (χ4v) is 2.79. The van der Waals surface area contributed by atoms with Crippen LogP contribution < -0.4 is 15.4 Å². The third kappa shape index (κ3) is 5.29. The lowest BCUT2D eigenvalue weighted by atomic mass is 10.1. The lowest BCUT2D eigenvalue weighted by molar-refractivity contribution is 0.414. The SMILES string of the molecule is CN=C(NCCCc1cccc(OC)c1)NC1CCCC1. The van der Waals surface area contributed by atoms with Crippen LogP contribution in [0.2, 0.25) is 0 Å². The van der Waals surface area contributed by atoms with E-state index in [1.54, 1.807) is 7.11 Å². The maximum absolute atomic E-state index is 5.25. The number of hydrogen-bond acceptors (Lipinski definition) is 2. The van der Waals surface area contributed by atoms with E-state index < -0.39 is 0 Å². The summed E-state index contributed by atoms with van der Waals surface area (Å²) in [4.78, 5) is 4.30. The molecule has 0 spiro atoms. The molecule has 1 saturated carbocycles. The highest BCUT2D eigenvalue weighted by Crippen LogP contribution is 2.17. The Morgan fingerprint density at radius 2 is 2.14 bits per heavy atom. The number of guanidine groups is 1. The van der Waals surface area contributed by atoms with Crippen LogP contribution in [0, 0.1) is 0 Å². The van der Waals surface area contributed by atoms with Crippen molar-refractivity contribution in [3.8, 4) is 5.75 Å². The van der Waals surface area contributed by atoms with E-state index in [0.29, 0.717) is 6.04 Å². The molecule has 0 unspecified atom stereocenters. The predicted molar refractivity (Wildman–Crippen MR) is 88.1 cm³/mol. The Balaban J connectivity index is 1.67. The summed E-state index contributed by atoms with van der Waals surface area (Å²) >= 11 is 0. The van der Waals surface area contributed by atoms with Crippen molar-refractivity contribution in [3.05, 3.63) is 29.8 Å². The highest BCUT2D eigenvalue weighted by Gasteiger charge is 2.15. The number of nitrogens with one attached hydrogen (secondary N) is 2. The molecule has 1 aromatic rings. The van der Waals surface area contributed by atoms with Gasteiger partial charge >= 0.3 is 0 Å². The third-order valence-electron chi connectivity index (χ3n) is 3.99. The molecule has 1 aromatic carbocycles. The second kappa shape index (κ2) is 8.55. The topological polar surface area (TPSA) is 45.7 Å². The first-order valence-corrected chi connectivity index (χ1v) is 7.92. The number of methoxy groups -OCH3 is 1. The molecule has 0 radical (unpaired) electrons. The summed E-state index contributed by atoms with van der Waals surface area (Å²) in [6.45, 7) is 0.934. The zero-order valence-electron chi connectivity index (χ0n) is 13.2. The second-order valence-electron chi connectivity index (χ2n) is 5.58. The summed E-state index contributed by atoms with van der Waals surface area (Å²) in [5, 5.41) is 6.90. The number of ether oxygens (including phenoxy) is 1. The summed E-state index contributed by atoms with van der Waals surface area (Å²) in [5.74, 6) is 1.87. The number of hydrogen-bond donors (Lipinski definition) is 2. The Morgan fingerprint density at radius 3 is 2.86 bits per heavy atom. The molecule has 0 heterocycles. The highest BCUT2D eigenvalue weighted by molar-refractivity contribution is 5.79. The molecule has 0 bridgehead atoms. The van der Waals surface area contributed by atoms with Crippen molar-refractivity contribution < 1.29 is 4.74 Å². The van der Waals surface area contributed by atoms with Crippen molar-refractivity contribution in [2.75, 3.05) is 20.7 Å². The van der Waals surface area contributed by atoms with Gasteiger partial charge in [-0.1, -0.05) is 25.0 Å². The Kier molecular flexibility index (Phi) is 6.38. The van der Waals surface area contributed by atoms with E-state index in [4.69, 9.17) is 4.74 Å². The van der Waals surface area contributed by atoms with Crippen molar-refractivity contribution in [3.63, 3.8) is 0 Å². The first-order chi connectivity index (χ1) is 10.3. The van der Waals surface area contributed by atoms with Gasteiger partial charge in [0, 0.05) is 19.6 Å². The fraction of sp³-hybridized carbons (Fsp3) is 0.588. The molecule has 4 nitrogen and oxygen atoms in total. The van der Waals surface area contributed by atoms with Gasteiger partial charge in [0.05, 0.1) is 7.11 Å². The normalized spacial score (nSPS) is 16.0. The van der Waals surface area contributed by atoms with Crippen LogP contribution >= 0.6 is 0 Å². The van der Waals surface area contributed by atoms with Crippen LogP contribution in [-0.4, -0.2) is 32.7 Å². The fourth-order valence-electron chi connectivity index (χ4n) is 2.79. The van der Waals surface area contributed by atoms with Gasteiger partial charge < -0.3 is 15.4 Å². The van der Waals surface area contributed by atoms with Gasteiger partial charge in [-0.3, -0.25) is 4.99 Å².